The van der Waals surface area contributed by atoms with Crippen LogP contribution < -0.4 is 28.7 Å². The molecule has 0 atom stereocenters. The molecule has 0 radical (unpaired) electrons. The summed E-state index contributed by atoms with van der Waals surface area (Å²) in [6.45, 7) is 0.252. The number of amides is 1. The molecule has 0 aliphatic heterocycles. The Balaban J connectivity index is 1.71. The second-order valence-corrected chi connectivity index (χ2v) is 13.9. The Bertz CT molecular complexity index is 1860. The molecule has 0 bridgehead atoms. The van der Waals surface area contributed by atoms with E-state index in [0.717, 1.165) is 32.7 Å². The summed E-state index contributed by atoms with van der Waals surface area (Å²) in [5.41, 5.74) is 1.62. The fourth-order valence-electron chi connectivity index (χ4n) is 4.42. The van der Waals surface area contributed by atoms with Crippen molar-refractivity contribution in [1.29, 1.82) is 0 Å². The van der Waals surface area contributed by atoms with Crippen molar-refractivity contribution < 1.29 is 36.9 Å². The van der Waals surface area contributed by atoms with E-state index in [4.69, 9.17) is 37.4 Å². The van der Waals surface area contributed by atoms with Gasteiger partial charge in [-0.15, -0.1) is 0 Å². The molecule has 1 heterocycles. The molecule has 0 saturated carbocycles. The second kappa shape index (κ2) is 15.2. The Labute approximate surface area is 285 Å². The zero-order chi connectivity index (χ0) is 34.5. The molecule has 0 fully saturated rings. The van der Waals surface area contributed by atoms with Crippen LogP contribution in [0.15, 0.2) is 59.6 Å². The molecule has 12 nitrogen and oxygen atoms in total. The van der Waals surface area contributed by atoms with Gasteiger partial charge in [0.2, 0.25) is 5.13 Å². The minimum Gasteiger partial charge on any atom is -0.497 e. The third-order valence-corrected chi connectivity index (χ3v) is 10.4. The van der Waals surface area contributed by atoms with Gasteiger partial charge in [0.15, 0.2) is 0 Å². The van der Waals surface area contributed by atoms with E-state index >= 15 is 4.39 Å². The van der Waals surface area contributed by atoms with E-state index in [2.05, 4.69) is 10.3 Å². The molecule has 1 aromatic heterocycles. The maximum absolute atomic E-state index is 15.9. The number of aromatic nitrogens is 1. The summed E-state index contributed by atoms with van der Waals surface area (Å²) in [6, 6.07) is 12.0. The number of nitrogens with one attached hydrogen (secondary N) is 1. The number of hydrogen-bond donors (Lipinski definition) is 2. The number of likely N-dealkylation sites (N-methyl/N-ethyl adjacent to an activating group) is 2. The van der Waals surface area contributed by atoms with Crippen molar-refractivity contribution >= 4 is 72.8 Å². The number of carboxylic acid groups (broad SMARTS) is 1. The molecule has 0 spiro atoms. The number of rotatable bonds is 14. The van der Waals surface area contributed by atoms with Gasteiger partial charge in [-0.25, -0.2) is 26.9 Å². The van der Waals surface area contributed by atoms with Gasteiger partial charge >= 0.3 is 6.09 Å². The lowest BCUT2D eigenvalue weighted by atomic mass is 10.2. The summed E-state index contributed by atoms with van der Waals surface area (Å²) in [5.74, 6) is 0.300. The molecule has 252 valence electrons. The van der Waals surface area contributed by atoms with Gasteiger partial charge in [-0.3, -0.25) is 0 Å². The zero-order valence-electron chi connectivity index (χ0n) is 26.0. The lowest BCUT2D eigenvalue weighted by molar-refractivity contribution is 0.157. The third-order valence-electron chi connectivity index (χ3n) is 7.06. The van der Waals surface area contributed by atoms with E-state index in [1.54, 1.807) is 48.3 Å². The number of benzene rings is 3. The van der Waals surface area contributed by atoms with Crippen LogP contribution >= 0.6 is 34.5 Å². The van der Waals surface area contributed by atoms with Crippen molar-refractivity contribution in [3.63, 3.8) is 0 Å². The molecular weight excluding hydrogens is 696 g/mol. The van der Waals surface area contributed by atoms with E-state index in [-0.39, 0.29) is 33.3 Å². The van der Waals surface area contributed by atoms with Crippen LogP contribution in [0.3, 0.4) is 0 Å². The fraction of sp³-hybridized carbons (Fsp3) is 0.267. The molecule has 3 aromatic carbocycles. The molecule has 17 heteroatoms. The largest absolute Gasteiger partial charge is 0.497 e. The number of anilines is 4. The fourth-order valence-corrected chi connectivity index (χ4v) is 7.28. The molecule has 2 N–H and O–H groups in total. The highest BCUT2D eigenvalue weighted by Crippen LogP contribution is 2.39. The van der Waals surface area contributed by atoms with E-state index in [1.807, 2.05) is 0 Å². The lowest BCUT2D eigenvalue weighted by Gasteiger charge is -2.26. The standard InChI is InChI=1S/C30H32Cl2FN5O7S2/c1-36(10-11-37(2)30(39)40)25-12-19(43-3)8-9-23(25)35-24-15-22(33)27(14-21(24)31)47(41,42)38(29-34-16-28(32)46-29)17-18-6-7-20(44-4)13-26(18)45-5/h6-9,12-16,35H,10-11,17H2,1-5H3,(H,39,40). The summed E-state index contributed by atoms with van der Waals surface area (Å²) in [4.78, 5) is 17.6. The summed E-state index contributed by atoms with van der Waals surface area (Å²) in [7, 11) is 3.03. The van der Waals surface area contributed by atoms with Crippen molar-refractivity contribution in [2.75, 3.05) is 63.0 Å². The Morgan fingerprint density at radius 2 is 1.66 bits per heavy atom. The summed E-state index contributed by atoms with van der Waals surface area (Å²) in [6.07, 6.45) is 0.230. The van der Waals surface area contributed by atoms with Gasteiger partial charge in [-0.05, 0) is 30.3 Å². The topological polar surface area (TPSA) is 134 Å². The van der Waals surface area contributed by atoms with Crippen molar-refractivity contribution in [3.05, 3.63) is 75.5 Å². The number of thiazole rings is 1. The van der Waals surface area contributed by atoms with Gasteiger partial charge in [0.25, 0.3) is 10.0 Å². The Kier molecular flexibility index (Phi) is 11.5. The Hall–Kier alpha value is -4.18. The summed E-state index contributed by atoms with van der Waals surface area (Å²) >= 11 is 13.6. The van der Waals surface area contributed by atoms with Gasteiger partial charge in [0.05, 0.1) is 56.2 Å². The number of hydrogen-bond acceptors (Lipinski definition) is 10. The molecule has 0 saturated heterocycles. The SMILES string of the molecule is COc1ccc(CN(c2ncc(Cl)s2)S(=O)(=O)c2cc(Cl)c(Nc3ccc(OC)cc3N(C)CCN(C)C(=O)O)cc2F)c(OC)c1. The van der Waals surface area contributed by atoms with E-state index in [0.29, 0.717) is 40.7 Å². The average molecular weight is 729 g/mol. The molecule has 47 heavy (non-hydrogen) atoms. The molecule has 4 rings (SSSR count). The molecule has 0 unspecified atom stereocenters. The van der Waals surface area contributed by atoms with E-state index < -0.39 is 26.8 Å². The molecular formula is C30H32Cl2FN5O7S2. The van der Waals surface area contributed by atoms with Crippen molar-refractivity contribution in [3.8, 4) is 17.2 Å². The zero-order valence-corrected chi connectivity index (χ0v) is 29.1. The highest BCUT2D eigenvalue weighted by Gasteiger charge is 2.32. The maximum atomic E-state index is 15.9. The van der Waals surface area contributed by atoms with Crippen LogP contribution in [0.2, 0.25) is 9.36 Å². The first-order valence-corrected chi connectivity index (χ1v) is 16.7. The minimum atomic E-state index is -4.60. The highest BCUT2D eigenvalue weighted by molar-refractivity contribution is 7.93. The average Bonchev–Trinajstić information content (AvgIpc) is 3.48. The van der Waals surface area contributed by atoms with Gasteiger partial charge in [-0.1, -0.05) is 34.5 Å². The first-order chi connectivity index (χ1) is 22.3. The van der Waals surface area contributed by atoms with Crippen LogP contribution in [0.5, 0.6) is 17.2 Å². The molecule has 4 aromatic rings. The summed E-state index contributed by atoms with van der Waals surface area (Å²) < 4.78 is 61.3. The van der Waals surface area contributed by atoms with Gasteiger partial charge in [-0.2, -0.15) is 0 Å². The quantitative estimate of drug-likeness (QED) is 0.143. The number of nitrogens with zero attached hydrogens (tertiary/aromatic N) is 4. The molecule has 0 aliphatic rings. The van der Waals surface area contributed by atoms with Crippen molar-refractivity contribution in [2.24, 2.45) is 0 Å². The normalized spacial score (nSPS) is 11.1. The van der Waals surface area contributed by atoms with E-state index in [9.17, 15) is 18.3 Å². The second-order valence-electron chi connectivity index (χ2n) is 10.0. The smallest absolute Gasteiger partial charge is 0.407 e. The van der Waals surface area contributed by atoms with Crippen molar-refractivity contribution in [2.45, 2.75) is 11.4 Å². The van der Waals surface area contributed by atoms with Crippen LogP contribution in [-0.4, -0.2) is 78.0 Å². The monoisotopic (exact) mass is 727 g/mol. The third kappa shape index (κ3) is 8.22. The Morgan fingerprint density at radius 3 is 2.28 bits per heavy atom. The number of halogens is 3. The Morgan fingerprint density at radius 1 is 0.979 bits per heavy atom. The van der Waals surface area contributed by atoms with Crippen LogP contribution in [0, 0.1) is 5.82 Å². The lowest BCUT2D eigenvalue weighted by Crippen LogP contribution is -2.34. The van der Waals surface area contributed by atoms with Gasteiger partial charge in [0, 0.05) is 50.9 Å². The highest BCUT2D eigenvalue weighted by atomic mass is 35.5. The van der Waals surface area contributed by atoms with Crippen molar-refractivity contribution in [1.82, 2.24) is 9.88 Å². The van der Waals surface area contributed by atoms with E-state index in [1.165, 1.54) is 34.6 Å². The van der Waals surface area contributed by atoms with Crippen LogP contribution in [0.4, 0.5) is 31.4 Å². The van der Waals surface area contributed by atoms with Gasteiger partial charge < -0.3 is 34.4 Å². The number of carbonyl (C=O) groups is 1. The minimum absolute atomic E-state index is 0.00468. The first-order valence-electron chi connectivity index (χ1n) is 13.7. The molecule has 1 amide bonds. The number of ether oxygens (including phenoxy) is 3. The van der Waals surface area contributed by atoms with Crippen LogP contribution in [0.25, 0.3) is 0 Å². The number of methoxy groups -OCH3 is 3. The predicted octanol–water partition coefficient (Wildman–Crippen LogP) is 6.80. The first kappa shape index (κ1) is 35.7. The van der Waals surface area contributed by atoms with Gasteiger partial charge in [0.1, 0.15) is 32.3 Å². The van der Waals surface area contributed by atoms with Crippen LogP contribution in [0.1, 0.15) is 5.56 Å². The summed E-state index contributed by atoms with van der Waals surface area (Å²) in [5, 5.41) is 12.2. The predicted molar refractivity (Wildman–Crippen MR) is 182 cm³/mol. The molecule has 0 aliphatic carbocycles. The van der Waals surface area contributed by atoms with Crippen LogP contribution in [-0.2, 0) is 16.6 Å². The maximum Gasteiger partial charge on any atom is 0.407 e. The number of sulfonamides is 1.